The lowest BCUT2D eigenvalue weighted by molar-refractivity contribution is 0.721. The number of hydrogen-bond donors (Lipinski definition) is 0. The monoisotopic (exact) mass is 211 g/mol. The standard InChI is InChI=1S/C11H9N5/c1-8-10(7-13)11(15(2)14-8)16-5-3-4-9(16)6-12/h3-5H,1-2H3. The highest BCUT2D eigenvalue weighted by atomic mass is 15.3. The molecule has 0 aliphatic carbocycles. The van der Waals surface area contributed by atoms with Crippen LogP contribution in [0.3, 0.4) is 0 Å². The van der Waals surface area contributed by atoms with Crippen LogP contribution >= 0.6 is 0 Å². The van der Waals surface area contributed by atoms with Crippen LogP contribution in [0.4, 0.5) is 0 Å². The first-order valence-electron chi connectivity index (χ1n) is 4.70. The van der Waals surface area contributed by atoms with E-state index in [9.17, 15) is 0 Å². The number of aromatic nitrogens is 3. The van der Waals surface area contributed by atoms with Gasteiger partial charge in [-0.2, -0.15) is 15.6 Å². The number of rotatable bonds is 1. The number of nitrogens with zero attached hydrogens (tertiary/aromatic N) is 5. The minimum Gasteiger partial charge on any atom is -0.292 e. The van der Waals surface area contributed by atoms with Crippen molar-refractivity contribution in [3.63, 3.8) is 0 Å². The summed E-state index contributed by atoms with van der Waals surface area (Å²) in [6.07, 6.45) is 1.75. The second-order valence-electron chi connectivity index (χ2n) is 3.39. The van der Waals surface area contributed by atoms with Gasteiger partial charge in [0.25, 0.3) is 0 Å². The molecule has 78 valence electrons. The molecule has 0 atom stereocenters. The fourth-order valence-electron chi connectivity index (χ4n) is 1.71. The predicted octanol–water partition coefficient (Wildman–Crippen LogP) is 1.26. The maximum absolute atomic E-state index is 9.08. The summed E-state index contributed by atoms with van der Waals surface area (Å²) in [6, 6.07) is 7.65. The lowest BCUT2D eigenvalue weighted by atomic mass is 10.2. The first-order chi connectivity index (χ1) is 7.69. The number of aryl methyl sites for hydroxylation is 2. The Balaban J connectivity index is 2.76. The highest BCUT2D eigenvalue weighted by Gasteiger charge is 2.16. The van der Waals surface area contributed by atoms with Gasteiger partial charge in [0.05, 0.1) is 5.69 Å². The van der Waals surface area contributed by atoms with Crippen molar-refractivity contribution in [1.29, 1.82) is 10.5 Å². The van der Waals surface area contributed by atoms with E-state index >= 15 is 0 Å². The third-order valence-electron chi connectivity index (χ3n) is 2.40. The van der Waals surface area contributed by atoms with Crippen LogP contribution < -0.4 is 0 Å². The Morgan fingerprint density at radius 1 is 1.31 bits per heavy atom. The van der Waals surface area contributed by atoms with E-state index in [1.165, 1.54) is 0 Å². The Bertz CT molecular complexity index is 618. The molecule has 0 saturated heterocycles. The van der Waals surface area contributed by atoms with Crippen molar-refractivity contribution in [3.8, 4) is 18.0 Å². The Labute approximate surface area is 92.8 Å². The first-order valence-corrected chi connectivity index (χ1v) is 4.70. The van der Waals surface area contributed by atoms with Gasteiger partial charge in [-0.1, -0.05) is 0 Å². The molecule has 0 spiro atoms. The van der Waals surface area contributed by atoms with Crippen molar-refractivity contribution in [2.75, 3.05) is 0 Å². The van der Waals surface area contributed by atoms with Crippen LogP contribution in [0.15, 0.2) is 18.3 Å². The summed E-state index contributed by atoms with van der Waals surface area (Å²) < 4.78 is 3.27. The van der Waals surface area contributed by atoms with Gasteiger partial charge < -0.3 is 0 Å². The van der Waals surface area contributed by atoms with Crippen LogP contribution in [-0.2, 0) is 7.05 Å². The molecule has 0 fully saturated rings. The van der Waals surface area contributed by atoms with Gasteiger partial charge in [-0.15, -0.1) is 0 Å². The first kappa shape index (κ1) is 10.0. The van der Waals surface area contributed by atoms with Gasteiger partial charge in [0, 0.05) is 13.2 Å². The molecule has 0 radical (unpaired) electrons. The zero-order valence-corrected chi connectivity index (χ0v) is 8.97. The van der Waals surface area contributed by atoms with E-state index in [0.717, 1.165) is 0 Å². The zero-order chi connectivity index (χ0) is 11.7. The highest BCUT2D eigenvalue weighted by Crippen LogP contribution is 2.18. The SMILES string of the molecule is Cc1nn(C)c(-n2cccc2C#N)c1C#N. The third kappa shape index (κ3) is 1.27. The van der Waals surface area contributed by atoms with Crippen molar-refractivity contribution < 1.29 is 0 Å². The van der Waals surface area contributed by atoms with Crippen molar-refractivity contribution in [2.24, 2.45) is 7.05 Å². The minimum atomic E-state index is 0.486. The van der Waals surface area contributed by atoms with E-state index in [1.807, 2.05) is 0 Å². The molecule has 0 aromatic carbocycles. The molecule has 0 unspecified atom stereocenters. The summed E-state index contributed by atoms with van der Waals surface area (Å²) >= 11 is 0. The van der Waals surface area contributed by atoms with Gasteiger partial charge >= 0.3 is 0 Å². The fourth-order valence-corrected chi connectivity index (χ4v) is 1.71. The Kier molecular flexibility index (Phi) is 2.23. The predicted molar refractivity (Wildman–Crippen MR) is 56.7 cm³/mol. The molecule has 0 bridgehead atoms. The fraction of sp³-hybridized carbons (Fsp3) is 0.182. The zero-order valence-electron chi connectivity index (χ0n) is 8.97. The smallest absolute Gasteiger partial charge is 0.154 e. The van der Waals surface area contributed by atoms with Crippen molar-refractivity contribution in [2.45, 2.75) is 6.92 Å². The summed E-state index contributed by atoms with van der Waals surface area (Å²) in [5, 5.41) is 22.2. The molecule has 2 aromatic heterocycles. The average Bonchev–Trinajstić information content (AvgIpc) is 2.81. The second kappa shape index (κ2) is 3.56. The van der Waals surface area contributed by atoms with E-state index in [2.05, 4.69) is 17.2 Å². The molecule has 2 rings (SSSR count). The minimum absolute atomic E-state index is 0.486. The largest absolute Gasteiger partial charge is 0.292 e. The van der Waals surface area contributed by atoms with Crippen LogP contribution in [0.5, 0.6) is 0 Å². The van der Waals surface area contributed by atoms with Crippen LogP contribution in [0.1, 0.15) is 17.0 Å². The molecule has 5 heteroatoms. The van der Waals surface area contributed by atoms with E-state index in [0.29, 0.717) is 22.8 Å². The van der Waals surface area contributed by atoms with Crippen molar-refractivity contribution >= 4 is 0 Å². The van der Waals surface area contributed by atoms with Crippen LogP contribution in [-0.4, -0.2) is 14.3 Å². The lowest BCUT2D eigenvalue weighted by Gasteiger charge is -2.04. The van der Waals surface area contributed by atoms with Crippen LogP contribution in [0.25, 0.3) is 5.82 Å². The Morgan fingerprint density at radius 3 is 2.69 bits per heavy atom. The molecule has 0 saturated carbocycles. The molecule has 16 heavy (non-hydrogen) atoms. The Hall–Kier alpha value is -2.53. The van der Waals surface area contributed by atoms with Gasteiger partial charge in [-0.3, -0.25) is 9.25 Å². The summed E-state index contributed by atoms with van der Waals surface area (Å²) in [5.41, 5.74) is 1.65. The van der Waals surface area contributed by atoms with Gasteiger partial charge in [-0.25, -0.2) is 0 Å². The third-order valence-corrected chi connectivity index (χ3v) is 2.40. The lowest BCUT2D eigenvalue weighted by Crippen LogP contribution is -2.05. The van der Waals surface area contributed by atoms with Gasteiger partial charge in [0.15, 0.2) is 5.82 Å². The van der Waals surface area contributed by atoms with Gasteiger partial charge in [0.2, 0.25) is 0 Å². The summed E-state index contributed by atoms with van der Waals surface area (Å²) in [6.45, 7) is 1.78. The molecule has 2 heterocycles. The molecular weight excluding hydrogens is 202 g/mol. The molecule has 5 nitrogen and oxygen atoms in total. The van der Waals surface area contributed by atoms with Gasteiger partial charge in [-0.05, 0) is 19.1 Å². The molecule has 0 aliphatic heterocycles. The maximum Gasteiger partial charge on any atom is 0.154 e. The van der Waals surface area contributed by atoms with Gasteiger partial charge in [0.1, 0.15) is 23.4 Å². The molecule has 0 amide bonds. The normalized spacial score (nSPS) is 9.75. The Morgan fingerprint density at radius 2 is 2.06 bits per heavy atom. The second-order valence-corrected chi connectivity index (χ2v) is 3.39. The average molecular weight is 211 g/mol. The molecule has 2 aromatic rings. The summed E-state index contributed by atoms with van der Waals surface area (Å²) in [5.74, 6) is 0.626. The molecule has 0 aliphatic rings. The van der Waals surface area contributed by atoms with Crippen molar-refractivity contribution in [1.82, 2.24) is 14.3 Å². The maximum atomic E-state index is 9.08. The molecular formula is C11H9N5. The van der Waals surface area contributed by atoms with E-state index in [-0.39, 0.29) is 0 Å². The quantitative estimate of drug-likeness (QED) is 0.713. The number of hydrogen-bond acceptors (Lipinski definition) is 3. The summed E-state index contributed by atoms with van der Waals surface area (Å²) in [7, 11) is 1.75. The highest BCUT2D eigenvalue weighted by molar-refractivity contribution is 5.49. The van der Waals surface area contributed by atoms with E-state index in [4.69, 9.17) is 10.5 Å². The summed E-state index contributed by atoms with van der Waals surface area (Å²) in [4.78, 5) is 0. The van der Waals surface area contributed by atoms with Crippen LogP contribution in [0, 0.1) is 29.6 Å². The van der Waals surface area contributed by atoms with E-state index < -0.39 is 0 Å². The van der Waals surface area contributed by atoms with Crippen molar-refractivity contribution in [3.05, 3.63) is 35.3 Å². The van der Waals surface area contributed by atoms with Crippen LogP contribution in [0.2, 0.25) is 0 Å². The molecule has 0 N–H and O–H groups in total. The number of nitriles is 2. The topological polar surface area (TPSA) is 70.3 Å². The van der Waals surface area contributed by atoms with E-state index in [1.54, 1.807) is 41.5 Å².